The number of carbonyl (C=O) groups excluding carboxylic acids is 2. The molecule has 1 N–H and O–H groups in total. The lowest BCUT2D eigenvalue weighted by Crippen LogP contribution is -2.35. The van der Waals surface area contributed by atoms with E-state index in [4.69, 9.17) is 0 Å². The van der Waals surface area contributed by atoms with Crippen molar-refractivity contribution < 1.29 is 27.5 Å². The van der Waals surface area contributed by atoms with E-state index in [2.05, 4.69) is 14.5 Å². The second-order valence-corrected chi connectivity index (χ2v) is 6.20. The second-order valence-electron chi connectivity index (χ2n) is 3.97. The van der Waals surface area contributed by atoms with Crippen molar-refractivity contribution >= 4 is 22.1 Å². The number of nitrogens with zero attached hydrogens (tertiary/aromatic N) is 1. The molecular weight excluding hydrogens is 288 g/mol. The molecule has 0 fully saturated rings. The third kappa shape index (κ3) is 4.19. The molecule has 110 valence electrons. The van der Waals surface area contributed by atoms with Gasteiger partial charge in [0.25, 0.3) is 5.91 Å². The number of aromatic nitrogens is 1. The molecule has 8 nitrogen and oxygen atoms in total. The monoisotopic (exact) mass is 302 g/mol. The van der Waals surface area contributed by atoms with Gasteiger partial charge in [0.1, 0.15) is 0 Å². The average Bonchev–Trinajstić information content (AvgIpc) is 2.38. The molecule has 0 aliphatic carbocycles. The minimum absolute atomic E-state index is 0.0199. The summed E-state index contributed by atoms with van der Waals surface area (Å²) in [5.74, 6) is -0.879. The summed E-state index contributed by atoms with van der Waals surface area (Å²) >= 11 is 0. The maximum absolute atomic E-state index is 11.7. The van der Waals surface area contributed by atoms with Crippen molar-refractivity contribution in [3.05, 3.63) is 23.9 Å². The van der Waals surface area contributed by atoms with Crippen molar-refractivity contribution in [2.75, 3.05) is 7.11 Å². The summed E-state index contributed by atoms with van der Waals surface area (Å²) in [5.41, 5.74) is 0.0199. The highest BCUT2D eigenvalue weighted by Gasteiger charge is 2.20. The predicted octanol–water partition coefficient (Wildman–Crippen LogP) is 0.695. The first kappa shape index (κ1) is 15.9. The Morgan fingerprint density at radius 1 is 1.30 bits per heavy atom. The Bertz CT molecular complexity index is 594. The molecule has 0 atom stereocenters. The van der Waals surface area contributed by atoms with Crippen LogP contribution in [0.4, 0.5) is 4.79 Å². The SMILES string of the molecule is COC(=O)Oc1ccc(C(=O)NS(=O)(=O)C(C)C)cn1. The van der Waals surface area contributed by atoms with Crippen LogP contribution in [0.15, 0.2) is 18.3 Å². The van der Waals surface area contributed by atoms with Crippen LogP contribution < -0.4 is 9.46 Å². The van der Waals surface area contributed by atoms with Gasteiger partial charge >= 0.3 is 6.16 Å². The molecule has 1 rings (SSSR count). The molecule has 20 heavy (non-hydrogen) atoms. The van der Waals surface area contributed by atoms with Crippen LogP contribution >= 0.6 is 0 Å². The smallest absolute Gasteiger partial charge is 0.437 e. The van der Waals surface area contributed by atoms with Crippen LogP contribution in [0, 0.1) is 0 Å². The Morgan fingerprint density at radius 2 is 1.95 bits per heavy atom. The van der Waals surface area contributed by atoms with E-state index in [0.717, 1.165) is 13.3 Å². The minimum Gasteiger partial charge on any atom is -0.437 e. The highest BCUT2D eigenvalue weighted by molar-refractivity contribution is 7.90. The van der Waals surface area contributed by atoms with Gasteiger partial charge in [-0.3, -0.25) is 4.79 Å². The maximum atomic E-state index is 11.7. The van der Waals surface area contributed by atoms with Crippen molar-refractivity contribution in [2.24, 2.45) is 0 Å². The summed E-state index contributed by atoms with van der Waals surface area (Å²) in [5, 5.41) is -0.735. The summed E-state index contributed by atoms with van der Waals surface area (Å²) in [6.07, 6.45) is 0.140. The predicted molar refractivity (Wildman–Crippen MR) is 68.8 cm³/mol. The number of rotatable bonds is 4. The molecular formula is C11H14N2O6S. The van der Waals surface area contributed by atoms with Gasteiger partial charge in [0.05, 0.1) is 17.9 Å². The van der Waals surface area contributed by atoms with E-state index < -0.39 is 27.3 Å². The molecule has 1 amide bonds. The van der Waals surface area contributed by atoms with Gasteiger partial charge in [0, 0.05) is 12.3 Å². The Labute approximate surface area is 116 Å². The minimum atomic E-state index is -3.71. The van der Waals surface area contributed by atoms with E-state index in [1.165, 1.54) is 26.0 Å². The molecule has 0 aliphatic rings. The van der Waals surface area contributed by atoms with Crippen LogP contribution in [0.2, 0.25) is 0 Å². The maximum Gasteiger partial charge on any atom is 0.514 e. The summed E-state index contributed by atoms with van der Waals surface area (Å²) < 4.78 is 33.8. The van der Waals surface area contributed by atoms with Gasteiger partial charge in [-0.1, -0.05) is 0 Å². The number of methoxy groups -OCH3 is 1. The molecule has 0 aliphatic heterocycles. The first-order chi connectivity index (χ1) is 9.26. The van der Waals surface area contributed by atoms with Gasteiger partial charge < -0.3 is 9.47 Å². The molecule has 0 spiro atoms. The Morgan fingerprint density at radius 3 is 2.40 bits per heavy atom. The zero-order valence-corrected chi connectivity index (χ0v) is 11.9. The fourth-order valence-corrected chi connectivity index (χ4v) is 1.62. The third-order valence-corrected chi connectivity index (χ3v) is 3.92. The van der Waals surface area contributed by atoms with E-state index in [0.29, 0.717) is 0 Å². The summed E-state index contributed by atoms with van der Waals surface area (Å²) in [6, 6.07) is 2.52. The van der Waals surface area contributed by atoms with Crippen molar-refractivity contribution in [2.45, 2.75) is 19.1 Å². The van der Waals surface area contributed by atoms with Crippen molar-refractivity contribution in [3.63, 3.8) is 0 Å². The van der Waals surface area contributed by atoms with Gasteiger partial charge in [-0.25, -0.2) is 22.9 Å². The number of carbonyl (C=O) groups is 2. The first-order valence-electron chi connectivity index (χ1n) is 5.54. The lowest BCUT2D eigenvalue weighted by molar-refractivity contribution is 0.0980. The summed E-state index contributed by atoms with van der Waals surface area (Å²) in [6.45, 7) is 2.89. The molecule has 1 aromatic heterocycles. The largest absolute Gasteiger partial charge is 0.514 e. The summed E-state index contributed by atoms with van der Waals surface area (Å²) in [4.78, 5) is 26.2. The van der Waals surface area contributed by atoms with Crippen molar-refractivity contribution in [1.82, 2.24) is 9.71 Å². The van der Waals surface area contributed by atoms with Gasteiger partial charge in [0.2, 0.25) is 15.9 Å². The number of pyridine rings is 1. The van der Waals surface area contributed by atoms with Crippen LogP contribution in [0.3, 0.4) is 0 Å². The molecule has 0 saturated heterocycles. The first-order valence-corrected chi connectivity index (χ1v) is 7.08. The molecule has 1 aromatic rings. The second kappa shape index (κ2) is 6.33. The van der Waals surface area contributed by atoms with Gasteiger partial charge in [-0.2, -0.15) is 0 Å². The molecule has 0 saturated carbocycles. The number of hydrogen-bond acceptors (Lipinski definition) is 7. The number of hydrogen-bond donors (Lipinski definition) is 1. The standard InChI is InChI=1S/C11H14N2O6S/c1-7(2)20(16,17)13-10(14)8-4-5-9(12-6-8)19-11(15)18-3/h4-7H,1-3H3,(H,13,14). The number of amides is 1. The number of nitrogens with one attached hydrogen (secondary N) is 1. The molecule has 1 heterocycles. The van der Waals surface area contributed by atoms with Gasteiger partial charge in [-0.15, -0.1) is 0 Å². The van der Waals surface area contributed by atoms with Crippen LogP contribution in [-0.4, -0.2) is 37.8 Å². The highest BCUT2D eigenvalue weighted by atomic mass is 32.2. The average molecular weight is 302 g/mol. The highest BCUT2D eigenvalue weighted by Crippen LogP contribution is 2.09. The van der Waals surface area contributed by atoms with E-state index in [1.807, 2.05) is 4.72 Å². The lowest BCUT2D eigenvalue weighted by Gasteiger charge is -2.09. The fourth-order valence-electron chi connectivity index (χ4n) is 1.01. The third-order valence-electron chi connectivity index (χ3n) is 2.21. The lowest BCUT2D eigenvalue weighted by atomic mass is 10.3. The fraction of sp³-hybridized carbons (Fsp3) is 0.364. The van der Waals surface area contributed by atoms with Crippen molar-refractivity contribution in [1.29, 1.82) is 0 Å². The van der Waals surface area contributed by atoms with E-state index >= 15 is 0 Å². The van der Waals surface area contributed by atoms with E-state index in [9.17, 15) is 18.0 Å². The Hall–Kier alpha value is -2.16. The number of sulfonamides is 1. The van der Waals surface area contributed by atoms with Crippen LogP contribution in [0.25, 0.3) is 0 Å². The molecule has 0 bridgehead atoms. The van der Waals surface area contributed by atoms with Crippen molar-refractivity contribution in [3.8, 4) is 5.88 Å². The van der Waals surface area contributed by atoms with Crippen LogP contribution in [-0.2, 0) is 14.8 Å². The van der Waals surface area contributed by atoms with Crippen LogP contribution in [0.1, 0.15) is 24.2 Å². The Balaban J connectivity index is 2.79. The molecule has 0 unspecified atom stereocenters. The topological polar surface area (TPSA) is 112 Å². The number of ether oxygens (including phenoxy) is 2. The normalized spacial score (nSPS) is 11.0. The molecule has 0 radical (unpaired) electrons. The van der Waals surface area contributed by atoms with Gasteiger partial charge in [0.15, 0.2) is 0 Å². The molecule has 9 heteroatoms. The quantitative estimate of drug-likeness (QED) is 0.814. The summed E-state index contributed by atoms with van der Waals surface area (Å²) in [7, 11) is -2.57. The zero-order valence-electron chi connectivity index (χ0n) is 11.1. The zero-order chi connectivity index (χ0) is 15.3. The Kier molecular flexibility index (Phi) is 5.03. The van der Waals surface area contributed by atoms with E-state index in [1.54, 1.807) is 0 Å². The van der Waals surface area contributed by atoms with E-state index in [-0.39, 0.29) is 11.4 Å². The van der Waals surface area contributed by atoms with Gasteiger partial charge in [-0.05, 0) is 19.9 Å². The molecule has 0 aromatic carbocycles. The van der Waals surface area contributed by atoms with Crippen LogP contribution in [0.5, 0.6) is 5.88 Å².